The van der Waals surface area contributed by atoms with Gasteiger partial charge in [-0.05, 0) is 12.5 Å². The van der Waals surface area contributed by atoms with Crippen molar-refractivity contribution in [3.8, 4) is 0 Å². The first-order valence-electron chi connectivity index (χ1n) is 6.40. The van der Waals surface area contributed by atoms with Crippen LogP contribution in [0.4, 0.5) is 0 Å². The van der Waals surface area contributed by atoms with E-state index in [1.807, 2.05) is 11.0 Å². The fourth-order valence-corrected chi connectivity index (χ4v) is 2.44. The average molecular weight is 248 g/mol. The first-order chi connectivity index (χ1) is 8.66. The van der Waals surface area contributed by atoms with Crippen molar-refractivity contribution >= 4 is 5.97 Å². The lowest BCUT2D eigenvalue weighted by Gasteiger charge is -2.37. The second-order valence-corrected chi connectivity index (χ2v) is 4.79. The van der Waals surface area contributed by atoms with Crippen molar-refractivity contribution in [2.24, 2.45) is 0 Å². The van der Waals surface area contributed by atoms with E-state index in [0.717, 1.165) is 26.2 Å². The first kappa shape index (κ1) is 13.1. The van der Waals surface area contributed by atoms with Gasteiger partial charge >= 0.3 is 5.97 Å². The van der Waals surface area contributed by atoms with Gasteiger partial charge in [-0.25, -0.2) is 0 Å². The normalized spacial score (nSPS) is 19.6. The van der Waals surface area contributed by atoms with Gasteiger partial charge in [-0.15, -0.1) is 0 Å². The van der Waals surface area contributed by atoms with Crippen molar-refractivity contribution in [1.82, 2.24) is 9.80 Å². The van der Waals surface area contributed by atoms with Crippen LogP contribution >= 0.6 is 0 Å². The second kappa shape index (κ2) is 5.98. The van der Waals surface area contributed by atoms with Gasteiger partial charge in [0.25, 0.3) is 0 Å². The number of nitrogens with zero attached hydrogens (tertiary/aromatic N) is 2. The maximum absolute atomic E-state index is 10.6. The fraction of sp³-hybridized carbons (Fsp3) is 0.500. The summed E-state index contributed by atoms with van der Waals surface area (Å²) in [6, 6.07) is 10.8. The lowest BCUT2D eigenvalue weighted by Crippen LogP contribution is -2.48. The van der Waals surface area contributed by atoms with Crippen molar-refractivity contribution in [3.63, 3.8) is 0 Å². The molecule has 0 unspecified atom stereocenters. The zero-order chi connectivity index (χ0) is 13.0. The molecule has 0 spiro atoms. The molecule has 0 bridgehead atoms. The molecule has 0 amide bonds. The molecule has 4 heteroatoms. The number of hydrogen-bond donors (Lipinski definition) is 1. The van der Waals surface area contributed by atoms with Gasteiger partial charge in [0.15, 0.2) is 0 Å². The van der Waals surface area contributed by atoms with E-state index in [1.54, 1.807) is 0 Å². The van der Waals surface area contributed by atoms with Crippen molar-refractivity contribution in [1.29, 1.82) is 0 Å². The van der Waals surface area contributed by atoms with Crippen LogP contribution in [0, 0.1) is 0 Å². The third-order valence-corrected chi connectivity index (χ3v) is 3.60. The molecule has 1 fully saturated rings. The van der Waals surface area contributed by atoms with Crippen LogP contribution in [0.15, 0.2) is 30.3 Å². The minimum atomic E-state index is -0.737. The van der Waals surface area contributed by atoms with Gasteiger partial charge in [0.1, 0.15) is 0 Å². The number of hydrogen-bond acceptors (Lipinski definition) is 3. The summed E-state index contributed by atoms with van der Waals surface area (Å²) in [6.07, 6.45) is 0. The van der Waals surface area contributed by atoms with Gasteiger partial charge in [-0.3, -0.25) is 14.6 Å². The molecular formula is C14H20N2O2. The van der Waals surface area contributed by atoms with E-state index in [1.165, 1.54) is 5.56 Å². The number of aliphatic carboxylic acids is 1. The summed E-state index contributed by atoms with van der Waals surface area (Å²) in [5.74, 6) is -0.737. The molecule has 98 valence electrons. The largest absolute Gasteiger partial charge is 0.480 e. The van der Waals surface area contributed by atoms with Crippen LogP contribution in [0.1, 0.15) is 18.5 Å². The number of carboxylic acids is 1. The Morgan fingerprint density at radius 3 is 2.39 bits per heavy atom. The summed E-state index contributed by atoms with van der Waals surface area (Å²) < 4.78 is 0. The Bertz CT molecular complexity index is 386. The maximum Gasteiger partial charge on any atom is 0.317 e. The standard InChI is InChI=1S/C14H20N2O2/c1-12(13-5-3-2-4-6-13)16-9-7-15(8-10-16)11-14(17)18/h2-6,12H,7-11H2,1H3,(H,17,18)/t12-/m0/s1. The predicted octanol–water partition coefficient (Wildman–Crippen LogP) is 1.45. The van der Waals surface area contributed by atoms with Crippen LogP contribution in [-0.4, -0.2) is 53.6 Å². The van der Waals surface area contributed by atoms with Gasteiger partial charge in [-0.1, -0.05) is 30.3 Å². The third kappa shape index (κ3) is 3.31. The molecule has 1 heterocycles. The molecule has 2 rings (SSSR count). The molecule has 1 atom stereocenters. The Morgan fingerprint density at radius 1 is 1.22 bits per heavy atom. The van der Waals surface area contributed by atoms with E-state index in [-0.39, 0.29) is 6.54 Å². The Morgan fingerprint density at radius 2 is 1.83 bits per heavy atom. The number of piperazine rings is 1. The molecule has 0 saturated carbocycles. The van der Waals surface area contributed by atoms with Crippen molar-refractivity contribution in [3.05, 3.63) is 35.9 Å². The van der Waals surface area contributed by atoms with Crippen molar-refractivity contribution < 1.29 is 9.90 Å². The van der Waals surface area contributed by atoms with Crippen LogP contribution in [0.5, 0.6) is 0 Å². The van der Waals surface area contributed by atoms with Crippen molar-refractivity contribution in [2.45, 2.75) is 13.0 Å². The SMILES string of the molecule is C[C@@H](c1ccccc1)N1CCN(CC(=O)O)CC1. The third-order valence-electron chi connectivity index (χ3n) is 3.60. The quantitative estimate of drug-likeness (QED) is 0.876. The van der Waals surface area contributed by atoms with E-state index < -0.39 is 5.97 Å². The Hall–Kier alpha value is -1.39. The number of rotatable bonds is 4. The molecule has 1 N–H and O–H groups in total. The molecule has 1 aliphatic rings. The monoisotopic (exact) mass is 248 g/mol. The van der Waals surface area contributed by atoms with Gasteiger partial charge in [0.2, 0.25) is 0 Å². The topological polar surface area (TPSA) is 43.8 Å². The van der Waals surface area contributed by atoms with Gasteiger partial charge in [0.05, 0.1) is 6.54 Å². The van der Waals surface area contributed by atoms with E-state index >= 15 is 0 Å². The number of benzene rings is 1. The molecule has 18 heavy (non-hydrogen) atoms. The molecule has 0 aromatic heterocycles. The van der Waals surface area contributed by atoms with E-state index in [0.29, 0.717) is 6.04 Å². The lowest BCUT2D eigenvalue weighted by molar-refractivity contribution is -0.138. The predicted molar refractivity (Wildman–Crippen MR) is 70.5 cm³/mol. The average Bonchev–Trinajstić information content (AvgIpc) is 2.39. The summed E-state index contributed by atoms with van der Waals surface area (Å²) in [5.41, 5.74) is 1.32. The molecule has 0 aliphatic carbocycles. The second-order valence-electron chi connectivity index (χ2n) is 4.79. The molecule has 1 aromatic carbocycles. The highest BCUT2D eigenvalue weighted by atomic mass is 16.4. The lowest BCUT2D eigenvalue weighted by atomic mass is 10.1. The van der Waals surface area contributed by atoms with E-state index in [4.69, 9.17) is 5.11 Å². The highest BCUT2D eigenvalue weighted by Gasteiger charge is 2.22. The molecular weight excluding hydrogens is 228 g/mol. The highest BCUT2D eigenvalue weighted by Crippen LogP contribution is 2.20. The molecule has 1 aliphatic heterocycles. The molecule has 1 aromatic rings. The highest BCUT2D eigenvalue weighted by molar-refractivity contribution is 5.69. The van der Waals surface area contributed by atoms with E-state index in [2.05, 4.69) is 36.1 Å². The van der Waals surface area contributed by atoms with Gasteiger partial charge in [-0.2, -0.15) is 0 Å². The minimum absolute atomic E-state index is 0.160. The Balaban J connectivity index is 1.88. The van der Waals surface area contributed by atoms with Crippen LogP contribution in [0.25, 0.3) is 0 Å². The summed E-state index contributed by atoms with van der Waals surface area (Å²) in [7, 11) is 0. The summed E-state index contributed by atoms with van der Waals surface area (Å²) in [4.78, 5) is 15.1. The van der Waals surface area contributed by atoms with Crippen LogP contribution in [0.2, 0.25) is 0 Å². The van der Waals surface area contributed by atoms with Gasteiger partial charge < -0.3 is 5.11 Å². The molecule has 0 radical (unpaired) electrons. The van der Waals surface area contributed by atoms with E-state index in [9.17, 15) is 4.79 Å². The first-order valence-corrected chi connectivity index (χ1v) is 6.40. The maximum atomic E-state index is 10.6. The summed E-state index contributed by atoms with van der Waals surface area (Å²) >= 11 is 0. The van der Waals surface area contributed by atoms with Crippen molar-refractivity contribution in [2.75, 3.05) is 32.7 Å². The zero-order valence-electron chi connectivity index (χ0n) is 10.7. The molecule has 4 nitrogen and oxygen atoms in total. The minimum Gasteiger partial charge on any atom is -0.480 e. The van der Waals surface area contributed by atoms with Crippen LogP contribution in [0.3, 0.4) is 0 Å². The van der Waals surface area contributed by atoms with Gasteiger partial charge in [0, 0.05) is 32.2 Å². The Kier molecular flexibility index (Phi) is 4.33. The summed E-state index contributed by atoms with van der Waals surface area (Å²) in [5, 5.41) is 8.76. The van der Waals surface area contributed by atoms with Crippen LogP contribution in [-0.2, 0) is 4.79 Å². The van der Waals surface area contributed by atoms with Crippen LogP contribution < -0.4 is 0 Å². The Labute approximate surface area is 108 Å². The summed E-state index contributed by atoms with van der Waals surface area (Å²) in [6.45, 7) is 5.91. The number of carboxylic acid groups (broad SMARTS) is 1. The number of carbonyl (C=O) groups is 1. The molecule has 1 saturated heterocycles. The fourth-order valence-electron chi connectivity index (χ4n) is 2.44. The smallest absolute Gasteiger partial charge is 0.317 e. The zero-order valence-corrected chi connectivity index (χ0v) is 10.7.